The molecule has 1 fully saturated rings. The van der Waals surface area contributed by atoms with Gasteiger partial charge in [0.15, 0.2) is 0 Å². The summed E-state index contributed by atoms with van der Waals surface area (Å²) in [4.78, 5) is 13.9. The molecule has 1 aliphatic rings. The van der Waals surface area contributed by atoms with Gasteiger partial charge in [-0.1, -0.05) is 12.1 Å². The van der Waals surface area contributed by atoms with Crippen LogP contribution in [0.4, 0.5) is 10.5 Å². The highest BCUT2D eigenvalue weighted by molar-refractivity contribution is 5.89. The lowest BCUT2D eigenvalue weighted by atomic mass is 10.1. The number of ether oxygens (including phenoxy) is 1. The standard InChI is InChI=1S/C14H21N3O2/c1-10(15)11-4-3-5-12(8-11)16-14(18)17-7-6-13(9-17)19-2/h3-5,8,10,13H,6-7,9,15H2,1-2H3,(H,16,18). The molecule has 19 heavy (non-hydrogen) atoms. The number of rotatable bonds is 3. The zero-order valence-electron chi connectivity index (χ0n) is 11.4. The second kappa shape index (κ2) is 6.04. The molecule has 3 N–H and O–H groups in total. The van der Waals surface area contributed by atoms with Crippen LogP contribution in [0.3, 0.4) is 0 Å². The molecule has 0 radical (unpaired) electrons. The van der Waals surface area contributed by atoms with Crippen LogP contribution in [0.25, 0.3) is 0 Å². The molecule has 104 valence electrons. The molecule has 0 saturated carbocycles. The maximum Gasteiger partial charge on any atom is 0.321 e. The third kappa shape index (κ3) is 3.45. The topological polar surface area (TPSA) is 67.6 Å². The normalized spacial score (nSPS) is 20.4. The zero-order valence-corrected chi connectivity index (χ0v) is 11.4. The maximum absolute atomic E-state index is 12.1. The summed E-state index contributed by atoms with van der Waals surface area (Å²) in [7, 11) is 1.68. The van der Waals surface area contributed by atoms with Crippen molar-refractivity contribution >= 4 is 11.7 Å². The molecule has 1 aromatic carbocycles. The molecule has 2 amide bonds. The smallest absolute Gasteiger partial charge is 0.321 e. The van der Waals surface area contributed by atoms with E-state index >= 15 is 0 Å². The molecule has 1 aromatic rings. The number of nitrogens with two attached hydrogens (primary N) is 1. The lowest BCUT2D eigenvalue weighted by Crippen LogP contribution is -2.33. The largest absolute Gasteiger partial charge is 0.380 e. The Kier molecular flexibility index (Phi) is 4.39. The Hall–Kier alpha value is -1.59. The molecule has 0 aromatic heterocycles. The van der Waals surface area contributed by atoms with Crippen LogP contribution in [0.5, 0.6) is 0 Å². The van der Waals surface area contributed by atoms with Crippen molar-refractivity contribution in [1.82, 2.24) is 4.90 Å². The maximum atomic E-state index is 12.1. The van der Waals surface area contributed by atoms with Crippen LogP contribution in [0.15, 0.2) is 24.3 Å². The average molecular weight is 263 g/mol. The van der Waals surface area contributed by atoms with Gasteiger partial charge < -0.3 is 20.7 Å². The molecule has 1 aliphatic heterocycles. The first-order chi connectivity index (χ1) is 9.10. The first-order valence-corrected chi connectivity index (χ1v) is 6.54. The highest BCUT2D eigenvalue weighted by atomic mass is 16.5. The number of methoxy groups -OCH3 is 1. The highest BCUT2D eigenvalue weighted by Crippen LogP contribution is 2.18. The van der Waals surface area contributed by atoms with Gasteiger partial charge in [0.2, 0.25) is 0 Å². The molecule has 0 aliphatic carbocycles. The van der Waals surface area contributed by atoms with Gasteiger partial charge in [0.25, 0.3) is 0 Å². The lowest BCUT2D eigenvalue weighted by molar-refractivity contribution is 0.111. The van der Waals surface area contributed by atoms with E-state index in [2.05, 4.69) is 5.32 Å². The summed E-state index contributed by atoms with van der Waals surface area (Å²) in [5.74, 6) is 0. The molecule has 2 rings (SSSR count). The van der Waals surface area contributed by atoms with E-state index in [9.17, 15) is 4.79 Å². The van der Waals surface area contributed by atoms with Crippen LogP contribution in [0, 0.1) is 0 Å². The Bertz CT molecular complexity index is 448. The lowest BCUT2D eigenvalue weighted by Gasteiger charge is -2.17. The van der Waals surface area contributed by atoms with Crippen molar-refractivity contribution in [2.75, 3.05) is 25.5 Å². The van der Waals surface area contributed by atoms with Crippen LogP contribution < -0.4 is 11.1 Å². The summed E-state index contributed by atoms with van der Waals surface area (Å²) >= 11 is 0. The monoisotopic (exact) mass is 263 g/mol. The molecule has 2 unspecified atom stereocenters. The summed E-state index contributed by atoms with van der Waals surface area (Å²) < 4.78 is 5.25. The van der Waals surface area contributed by atoms with Gasteiger partial charge in [0.05, 0.1) is 6.10 Å². The van der Waals surface area contributed by atoms with Crippen LogP contribution >= 0.6 is 0 Å². The summed E-state index contributed by atoms with van der Waals surface area (Å²) in [5.41, 5.74) is 7.62. The van der Waals surface area contributed by atoms with Gasteiger partial charge in [-0.3, -0.25) is 0 Å². The summed E-state index contributed by atoms with van der Waals surface area (Å²) in [5, 5.41) is 2.90. The quantitative estimate of drug-likeness (QED) is 0.876. The second-order valence-electron chi connectivity index (χ2n) is 4.94. The molecule has 0 bridgehead atoms. The minimum Gasteiger partial charge on any atom is -0.380 e. The minimum absolute atomic E-state index is 0.0403. The van der Waals surface area contributed by atoms with Gasteiger partial charge in [-0.15, -0.1) is 0 Å². The van der Waals surface area contributed by atoms with Gasteiger partial charge in [0, 0.05) is 31.9 Å². The van der Waals surface area contributed by atoms with Gasteiger partial charge in [-0.2, -0.15) is 0 Å². The zero-order chi connectivity index (χ0) is 13.8. The Morgan fingerprint density at radius 2 is 2.37 bits per heavy atom. The number of urea groups is 1. The molecule has 5 nitrogen and oxygen atoms in total. The number of carbonyl (C=O) groups is 1. The number of amides is 2. The van der Waals surface area contributed by atoms with Gasteiger partial charge in [-0.05, 0) is 31.0 Å². The minimum atomic E-state index is -0.0821. The average Bonchev–Trinajstić information content (AvgIpc) is 2.88. The Balaban J connectivity index is 1.97. The van der Waals surface area contributed by atoms with Crippen LogP contribution in [-0.2, 0) is 4.74 Å². The van der Waals surface area contributed by atoms with E-state index in [0.29, 0.717) is 6.54 Å². The molecule has 2 atom stereocenters. The van der Waals surface area contributed by atoms with Crippen LogP contribution in [0.2, 0.25) is 0 Å². The molecule has 5 heteroatoms. The number of nitrogens with one attached hydrogen (secondary N) is 1. The van der Waals surface area contributed by atoms with Gasteiger partial charge in [-0.25, -0.2) is 4.79 Å². The predicted molar refractivity (Wildman–Crippen MR) is 75.1 cm³/mol. The first-order valence-electron chi connectivity index (χ1n) is 6.54. The number of nitrogens with zero attached hydrogens (tertiary/aromatic N) is 1. The third-order valence-electron chi connectivity index (χ3n) is 3.43. The SMILES string of the molecule is COC1CCN(C(=O)Nc2cccc(C(C)N)c2)C1. The molecular formula is C14H21N3O2. The first kappa shape index (κ1) is 13.8. The fraction of sp³-hybridized carbons (Fsp3) is 0.500. The number of benzene rings is 1. The predicted octanol–water partition coefficient (Wildman–Crippen LogP) is 1.96. The number of hydrogen-bond acceptors (Lipinski definition) is 3. The third-order valence-corrected chi connectivity index (χ3v) is 3.43. The van der Waals surface area contributed by atoms with Crippen molar-refractivity contribution in [2.24, 2.45) is 5.73 Å². The van der Waals surface area contributed by atoms with Gasteiger partial charge >= 0.3 is 6.03 Å². The van der Waals surface area contributed by atoms with E-state index in [1.54, 1.807) is 12.0 Å². The van der Waals surface area contributed by atoms with Crippen molar-refractivity contribution in [3.8, 4) is 0 Å². The number of carbonyl (C=O) groups excluding carboxylic acids is 1. The molecular weight excluding hydrogens is 242 g/mol. The van der Waals surface area contributed by atoms with Crippen molar-refractivity contribution < 1.29 is 9.53 Å². The number of anilines is 1. The summed E-state index contributed by atoms with van der Waals surface area (Å²) in [6, 6.07) is 7.51. The number of hydrogen-bond donors (Lipinski definition) is 2. The Morgan fingerprint density at radius 3 is 3.00 bits per heavy atom. The van der Waals surface area contributed by atoms with Crippen LogP contribution in [-0.4, -0.2) is 37.2 Å². The van der Waals surface area contributed by atoms with E-state index in [0.717, 1.165) is 24.2 Å². The van der Waals surface area contributed by atoms with Crippen molar-refractivity contribution in [3.05, 3.63) is 29.8 Å². The Labute approximate surface area is 113 Å². The van der Waals surface area contributed by atoms with Crippen LogP contribution in [0.1, 0.15) is 24.9 Å². The van der Waals surface area contributed by atoms with Gasteiger partial charge in [0.1, 0.15) is 0 Å². The highest BCUT2D eigenvalue weighted by Gasteiger charge is 2.25. The van der Waals surface area contributed by atoms with E-state index in [1.165, 1.54) is 0 Å². The van der Waals surface area contributed by atoms with Crippen molar-refractivity contribution in [1.29, 1.82) is 0 Å². The van der Waals surface area contributed by atoms with E-state index in [1.807, 2.05) is 31.2 Å². The fourth-order valence-corrected chi connectivity index (χ4v) is 2.21. The van der Waals surface area contributed by atoms with E-state index in [-0.39, 0.29) is 18.2 Å². The molecule has 0 spiro atoms. The molecule has 1 saturated heterocycles. The van der Waals surface area contributed by atoms with Crippen molar-refractivity contribution in [3.63, 3.8) is 0 Å². The fourth-order valence-electron chi connectivity index (χ4n) is 2.21. The second-order valence-corrected chi connectivity index (χ2v) is 4.94. The Morgan fingerprint density at radius 1 is 1.58 bits per heavy atom. The van der Waals surface area contributed by atoms with E-state index in [4.69, 9.17) is 10.5 Å². The number of likely N-dealkylation sites (tertiary alicyclic amines) is 1. The van der Waals surface area contributed by atoms with E-state index < -0.39 is 0 Å². The van der Waals surface area contributed by atoms with Crippen molar-refractivity contribution in [2.45, 2.75) is 25.5 Å². The molecule has 1 heterocycles. The summed E-state index contributed by atoms with van der Waals surface area (Å²) in [6.07, 6.45) is 1.05. The summed E-state index contributed by atoms with van der Waals surface area (Å²) in [6.45, 7) is 3.30.